The lowest BCUT2D eigenvalue weighted by molar-refractivity contribution is -0.139. The Morgan fingerprint density at radius 3 is 2.64 bits per heavy atom. The van der Waals surface area contributed by atoms with Crippen LogP contribution in [0.15, 0.2) is 41.6 Å². The van der Waals surface area contributed by atoms with Crippen LogP contribution < -0.4 is 16.0 Å². The highest BCUT2D eigenvalue weighted by atomic mass is 16.5. The average Bonchev–Trinajstić information content (AvgIpc) is 2.59. The van der Waals surface area contributed by atoms with Crippen molar-refractivity contribution in [2.75, 3.05) is 19.7 Å². The van der Waals surface area contributed by atoms with Gasteiger partial charge in [0.25, 0.3) is 0 Å². The molecule has 3 N–H and O–H groups in total. The summed E-state index contributed by atoms with van der Waals surface area (Å²) in [6.45, 7) is 7.59. The molecular formula is C19H27N3O3. The highest BCUT2D eigenvalue weighted by molar-refractivity contribution is 5.95. The fraction of sp³-hybridized carbons (Fsp3) is 0.474. The molecule has 1 aliphatic rings. The Morgan fingerprint density at radius 2 is 2.00 bits per heavy atom. The Labute approximate surface area is 149 Å². The third-order valence-electron chi connectivity index (χ3n) is 3.98. The van der Waals surface area contributed by atoms with Crippen LogP contribution in [0.4, 0.5) is 4.79 Å². The van der Waals surface area contributed by atoms with Gasteiger partial charge in [-0.15, -0.1) is 0 Å². The monoisotopic (exact) mass is 345 g/mol. The van der Waals surface area contributed by atoms with E-state index in [4.69, 9.17) is 4.74 Å². The summed E-state index contributed by atoms with van der Waals surface area (Å²) in [5, 5.41) is 8.88. The first-order valence-electron chi connectivity index (χ1n) is 8.76. The van der Waals surface area contributed by atoms with Gasteiger partial charge in [0.2, 0.25) is 0 Å². The molecule has 6 nitrogen and oxygen atoms in total. The van der Waals surface area contributed by atoms with Crippen LogP contribution in [0.5, 0.6) is 0 Å². The van der Waals surface area contributed by atoms with Crippen LogP contribution in [0.1, 0.15) is 38.8 Å². The number of rotatable bonds is 8. The van der Waals surface area contributed by atoms with Gasteiger partial charge < -0.3 is 20.7 Å². The molecule has 0 spiro atoms. The Balaban J connectivity index is 2.28. The average molecular weight is 345 g/mol. The van der Waals surface area contributed by atoms with Crippen molar-refractivity contribution in [3.05, 3.63) is 47.2 Å². The first kappa shape index (κ1) is 19.0. The van der Waals surface area contributed by atoms with E-state index in [-0.39, 0.29) is 12.6 Å². The lowest BCUT2D eigenvalue weighted by atomic mass is 9.95. The van der Waals surface area contributed by atoms with E-state index in [1.54, 1.807) is 6.92 Å². The second-order valence-electron chi connectivity index (χ2n) is 6.41. The second-order valence-corrected chi connectivity index (χ2v) is 6.41. The van der Waals surface area contributed by atoms with E-state index in [0.29, 0.717) is 23.7 Å². The Kier molecular flexibility index (Phi) is 7.01. The van der Waals surface area contributed by atoms with Crippen LogP contribution in [-0.4, -0.2) is 31.7 Å². The van der Waals surface area contributed by atoms with Gasteiger partial charge in [-0.3, -0.25) is 0 Å². The Hall–Kier alpha value is -2.34. The number of amides is 2. The maximum Gasteiger partial charge on any atom is 0.338 e. The van der Waals surface area contributed by atoms with Gasteiger partial charge in [-0.2, -0.15) is 0 Å². The summed E-state index contributed by atoms with van der Waals surface area (Å²) in [5.41, 5.74) is 1.87. The third kappa shape index (κ3) is 5.32. The quantitative estimate of drug-likeness (QED) is 0.500. The zero-order valence-electron chi connectivity index (χ0n) is 15.1. The molecule has 0 unspecified atom stereocenters. The van der Waals surface area contributed by atoms with Gasteiger partial charge in [0.15, 0.2) is 0 Å². The SMILES string of the molecule is CCOC(=O)C1=C(CNCCC(C)C)NC(=O)N[C@H]1c1ccccc1. The minimum absolute atomic E-state index is 0.284. The number of urea groups is 1. The number of ether oxygens (including phenoxy) is 1. The minimum Gasteiger partial charge on any atom is -0.463 e. The van der Waals surface area contributed by atoms with E-state index in [0.717, 1.165) is 18.5 Å². The lowest BCUT2D eigenvalue weighted by Gasteiger charge is -2.29. The predicted molar refractivity (Wildman–Crippen MR) is 96.8 cm³/mol. The van der Waals surface area contributed by atoms with Crippen LogP contribution in [-0.2, 0) is 9.53 Å². The number of hydrogen-bond acceptors (Lipinski definition) is 4. The van der Waals surface area contributed by atoms with Gasteiger partial charge in [-0.1, -0.05) is 44.2 Å². The van der Waals surface area contributed by atoms with Gasteiger partial charge in [-0.05, 0) is 31.4 Å². The third-order valence-corrected chi connectivity index (χ3v) is 3.98. The molecule has 2 amide bonds. The van der Waals surface area contributed by atoms with Crippen LogP contribution in [0.2, 0.25) is 0 Å². The summed E-state index contributed by atoms with van der Waals surface area (Å²) < 4.78 is 5.23. The van der Waals surface area contributed by atoms with E-state index in [1.165, 1.54) is 0 Å². The molecule has 0 aliphatic carbocycles. The van der Waals surface area contributed by atoms with Crippen molar-refractivity contribution < 1.29 is 14.3 Å². The van der Waals surface area contributed by atoms with E-state index in [1.807, 2.05) is 30.3 Å². The molecule has 1 heterocycles. The van der Waals surface area contributed by atoms with Gasteiger partial charge >= 0.3 is 12.0 Å². The minimum atomic E-state index is -0.518. The number of carbonyl (C=O) groups is 2. The topological polar surface area (TPSA) is 79.5 Å². The van der Waals surface area contributed by atoms with E-state index >= 15 is 0 Å². The molecule has 1 atom stereocenters. The van der Waals surface area contributed by atoms with E-state index < -0.39 is 12.0 Å². The molecule has 1 aromatic rings. The molecule has 1 aliphatic heterocycles. The van der Waals surface area contributed by atoms with Crippen molar-refractivity contribution in [3.63, 3.8) is 0 Å². The Bertz CT molecular complexity index is 626. The largest absolute Gasteiger partial charge is 0.463 e. The fourth-order valence-electron chi connectivity index (χ4n) is 2.71. The van der Waals surface area contributed by atoms with Crippen LogP contribution >= 0.6 is 0 Å². The molecule has 0 fully saturated rings. The van der Waals surface area contributed by atoms with Crippen molar-refractivity contribution >= 4 is 12.0 Å². The maximum atomic E-state index is 12.5. The van der Waals surface area contributed by atoms with Gasteiger partial charge in [0.1, 0.15) is 0 Å². The number of esters is 1. The van der Waals surface area contributed by atoms with Crippen LogP contribution in [0, 0.1) is 5.92 Å². The molecule has 6 heteroatoms. The summed E-state index contributed by atoms with van der Waals surface area (Å²) in [6, 6.07) is 8.60. The molecular weight excluding hydrogens is 318 g/mol. The molecule has 0 saturated carbocycles. The molecule has 0 bridgehead atoms. The fourth-order valence-corrected chi connectivity index (χ4v) is 2.71. The van der Waals surface area contributed by atoms with E-state index in [9.17, 15) is 9.59 Å². The summed E-state index contributed by atoms with van der Waals surface area (Å²) in [7, 11) is 0. The second kappa shape index (κ2) is 9.22. The van der Waals surface area contributed by atoms with Crippen molar-refractivity contribution in [1.29, 1.82) is 0 Å². The van der Waals surface area contributed by atoms with Gasteiger partial charge in [-0.25, -0.2) is 9.59 Å². The molecule has 2 rings (SSSR count). The number of nitrogens with one attached hydrogen (secondary N) is 3. The highest BCUT2D eigenvalue weighted by Gasteiger charge is 2.33. The van der Waals surface area contributed by atoms with E-state index in [2.05, 4.69) is 29.8 Å². The van der Waals surface area contributed by atoms with Crippen molar-refractivity contribution in [3.8, 4) is 0 Å². The number of benzene rings is 1. The maximum absolute atomic E-state index is 12.5. The van der Waals surface area contributed by atoms with Crippen LogP contribution in [0.3, 0.4) is 0 Å². The summed E-state index contributed by atoms with van der Waals surface area (Å²) in [4.78, 5) is 24.6. The first-order valence-corrected chi connectivity index (χ1v) is 8.76. The van der Waals surface area contributed by atoms with Crippen molar-refractivity contribution in [2.45, 2.75) is 33.2 Å². The standard InChI is InChI=1S/C19H27N3O3/c1-4-25-18(23)16-15(12-20-11-10-13(2)3)21-19(24)22-17(16)14-8-6-5-7-9-14/h5-9,13,17,20H,4,10-12H2,1-3H3,(H2,21,22,24)/t17-/m0/s1. The zero-order chi connectivity index (χ0) is 18.2. The van der Waals surface area contributed by atoms with Crippen LogP contribution in [0.25, 0.3) is 0 Å². The van der Waals surface area contributed by atoms with Crippen molar-refractivity contribution in [1.82, 2.24) is 16.0 Å². The smallest absolute Gasteiger partial charge is 0.338 e. The van der Waals surface area contributed by atoms with Crippen molar-refractivity contribution in [2.24, 2.45) is 5.92 Å². The molecule has 0 aromatic heterocycles. The highest BCUT2D eigenvalue weighted by Crippen LogP contribution is 2.27. The predicted octanol–water partition coefficient (Wildman–Crippen LogP) is 2.49. The summed E-state index contributed by atoms with van der Waals surface area (Å²) >= 11 is 0. The molecule has 25 heavy (non-hydrogen) atoms. The number of hydrogen-bond donors (Lipinski definition) is 3. The molecule has 1 aromatic carbocycles. The summed E-state index contributed by atoms with van der Waals surface area (Å²) in [6.07, 6.45) is 1.02. The lowest BCUT2D eigenvalue weighted by Crippen LogP contribution is -2.48. The normalized spacial score (nSPS) is 17.3. The zero-order valence-corrected chi connectivity index (χ0v) is 15.1. The summed E-state index contributed by atoms with van der Waals surface area (Å²) in [5.74, 6) is 0.176. The first-order chi connectivity index (χ1) is 12.0. The molecule has 136 valence electrons. The number of carbonyl (C=O) groups excluding carboxylic acids is 2. The molecule has 0 saturated heterocycles. The molecule has 0 radical (unpaired) electrons. The van der Waals surface area contributed by atoms with Gasteiger partial charge in [0, 0.05) is 12.2 Å². The Morgan fingerprint density at radius 1 is 1.28 bits per heavy atom. The van der Waals surface area contributed by atoms with Gasteiger partial charge in [0.05, 0.1) is 18.2 Å².